The minimum absolute atomic E-state index is 0.0465. The number of H-pyrrole nitrogens is 1. The Morgan fingerprint density at radius 2 is 1.87 bits per heavy atom. The predicted octanol–water partition coefficient (Wildman–Crippen LogP) is 3.49. The van der Waals surface area contributed by atoms with Gasteiger partial charge in [-0.1, -0.05) is 12.1 Å². The molecule has 1 aromatic carbocycles. The molecular weight excluding hydrogens is 421 g/mol. The van der Waals surface area contributed by atoms with E-state index < -0.39 is 21.9 Å². The van der Waals surface area contributed by atoms with Gasteiger partial charge in [-0.15, -0.1) is 0 Å². The van der Waals surface area contributed by atoms with E-state index in [0.717, 1.165) is 17.6 Å². The number of hydrogen-bond acceptors (Lipinski definition) is 5. The maximum atomic E-state index is 12.9. The molecule has 0 aliphatic heterocycles. The van der Waals surface area contributed by atoms with Crippen molar-refractivity contribution in [1.82, 2.24) is 25.0 Å². The Morgan fingerprint density at radius 1 is 1.10 bits per heavy atom. The molecule has 156 valence electrons. The summed E-state index contributed by atoms with van der Waals surface area (Å²) in [6.07, 6.45) is -1.87. The topological polar surface area (TPSA) is 106 Å². The van der Waals surface area contributed by atoms with Gasteiger partial charge in [0.1, 0.15) is 16.3 Å². The van der Waals surface area contributed by atoms with E-state index in [1.807, 2.05) is 11.2 Å². The molecule has 2 N–H and O–H groups in total. The molecule has 0 fully saturated rings. The average Bonchev–Trinajstić information content (AvgIpc) is 3.32. The van der Waals surface area contributed by atoms with Gasteiger partial charge in [0.25, 0.3) is 10.0 Å². The van der Waals surface area contributed by atoms with Gasteiger partial charge in [0.05, 0.1) is 23.1 Å². The fourth-order valence-electron chi connectivity index (χ4n) is 2.98. The first-order valence-electron chi connectivity index (χ1n) is 8.59. The highest BCUT2D eigenvalue weighted by Gasteiger charge is 2.33. The molecule has 8 nitrogen and oxygen atoms in total. The summed E-state index contributed by atoms with van der Waals surface area (Å²) in [5, 5.41) is 10.4. The molecule has 0 aliphatic carbocycles. The first-order chi connectivity index (χ1) is 14.1. The second kappa shape index (κ2) is 6.83. The predicted molar refractivity (Wildman–Crippen MR) is 103 cm³/mol. The van der Waals surface area contributed by atoms with Crippen molar-refractivity contribution in [3.05, 3.63) is 54.0 Å². The van der Waals surface area contributed by atoms with Gasteiger partial charge in [0, 0.05) is 18.6 Å². The Bertz CT molecular complexity index is 1340. The van der Waals surface area contributed by atoms with Crippen LogP contribution in [-0.2, 0) is 23.2 Å². The number of anilines is 1. The van der Waals surface area contributed by atoms with Crippen molar-refractivity contribution in [2.45, 2.75) is 18.0 Å². The number of sulfonamides is 1. The Morgan fingerprint density at radius 3 is 2.50 bits per heavy atom. The zero-order valence-electron chi connectivity index (χ0n) is 15.7. The van der Waals surface area contributed by atoms with E-state index >= 15 is 0 Å². The van der Waals surface area contributed by atoms with Crippen LogP contribution in [0, 0.1) is 6.92 Å². The summed E-state index contributed by atoms with van der Waals surface area (Å²) in [4.78, 5) is 3.82. The van der Waals surface area contributed by atoms with Crippen LogP contribution in [0.2, 0.25) is 0 Å². The molecule has 0 saturated heterocycles. The van der Waals surface area contributed by atoms with Crippen LogP contribution < -0.4 is 4.72 Å². The minimum Gasteiger partial charge on any atom is -0.277 e. The van der Waals surface area contributed by atoms with Crippen molar-refractivity contribution in [2.75, 3.05) is 4.72 Å². The number of rotatable bonds is 4. The molecule has 0 bridgehead atoms. The van der Waals surface area contributed by atoms with Crippen molar-refractivity contribution >= 4 is 26.6 Å². The summed E-state index contributed by atoms with van der Waals surface area (Å²) in [6, 6.07) is 6.97. The molecule has 30 heavy (non-hydrogen) atoms. The largest absolute Gasteiger partial charge is 0.432 e. The highest BCUT2D eigenvalue weighted by molar-refractivity contribution is 7.92. The van der Waals surface area contributed by atoms with Gasteiger partial charge < -0.3 is 0 Å². The number of nitrogens with zero attached hydrogens (tertiary/aromatic N) is 4. The summed E-state index contributed by atoms with van der Waals surface area (Å²) in [5.74, 6) is 0. The quantitative estimate of drug-likeness (QED) is 0.510. The van der Waals surface area contributed by atoms with Gasteiger partial charge in [0.15, 0.2) is 0 Å². The second-order valence-electron chi connectivity index (χ2n) is 6.61. The van der Waals surface area contributed by atoms with Gasteiger partial charge in [0.2, 0.25) is 0 Å². The number of aromatic nitrogens is 5. The zero-order chi connectivity index (χ0) is 21.7. The fourth-order valence-corrected chi connectivity index (χ4v) is 4.06. The van der Waals surface area contributed by atoms with E-state index in [-0.39, 0.29) is 16.3 Å². The molecule has 0 atom stereocenters. The molecule has 3 heterocycles. The molecule has 12 heteroatoms. The standard InChI is InChI=1S/C18H15F3N6O2S/c1-10-3-4-11-8-23-27(2)17(11)16(10)26-30(28,29)12-5-6-13(22-9-12)14-7-15(25-24-14)18(19,20)21/h3-9,26H,1-2H3,(H,24,25). The number of halogens is 3. The monoisotopic (exact) mass is 436 g/mol. The van der Waals surface area contributed by atoms with Crippen molar-refractivity contribution in [3.8, 4) is 11.4 Å². The van der Waals surface area contributed by atoms with Crippen molar-refractivity contribution < 1.29 is 21.6 Å². The lowest BCUT2D eigenvalue weighted by molar-refractivity contribution is -0.141. The Balaban J connectivity index is 1.65. The van der Waals surface area contributed by atoms with E-state index in [1.54, 1.807) is 30.9 Å². The number of aromatic amines is 1. The number of pyridine rings is 1. The van der Waals surface area contributed by atoms with E-state index in [4.69, 9.17) is 0 Å². The maximum Gasteiger partial charge on any atom is 0.432 e. The van der Waals surface area contributed by atoms with Crippen LogP contribution in [0.25, 0.3) is 22.3 Å². The highest BCUT2D eigenvalue weighted by Crippen LogP contribution is 2.31. The SMILES string of the molecule is Cc1ccc2cnn(C)c2c1NS(=O)(=O)c1ccc(-c2cc(C(F)(F)F)[nH]n2)nc1. The van der Waals surface area contributed by atoms with Gasteiger partial charge in [-0.2, -0.15) is 23.4 Å². The molecule has 0 spiro atoms. The molecule has 3 aromatic heterocycles. The van der Waals surface area contributed by atoms with Crippen LogP contribution >= 0.6 is 0 Å². The maximum absolute atomic E-state index is 12.9. The van der Waals surface area contributed by atoms with Crippen LogP contribution in [0.5, 0.6) is 0 Å². The third-order valence-electron chi connectivity index (χ3n) is 4.54. The van der Waals surface area contributed by atoms with Crippen LogP contribution in [0.15, 0.2) is 47.6 Å². The van der Waals surface area contributed by atoms with E-state index in [0.29, 0.717) is 16.8 Å². The number of nitrogens with one attached hydrogen (secondary N) is 2. The van der Waals surface area contributed by atoms with E-state index in [9.17, 15) is 21.6 Å². The van der Waals surface area contributed by atoms with Crippen molar-refractivity contribution in [3.63, 3.8) is 0 Å². The van der Waals surface area contributed by atoms with Crippen molar-refractivity contribution in [2.24, 2.45) is 7.05 Å². The van der Waals surface area contributed by atoms with E-state index in [2.05, 4.69) is 19.9 Å². The number of benzene rings is 1. The summed E-state index contributed by atoms with van der Waals surface area (Å²) in [6.45, 7) is 1.77. The smallest absolute Gasteiger partial charge is 0.277 e. The molecule has 4 aromatic rings. The molecule has 0 amide bonds. The van der Waals surface area contributed by atoms with Crippen LogP contribution in [0.1, 0.15) is 11.3 Å². The van der Waals surface area contributed by atoms with Gasteiger partial charge in [-0.3, -0.25) is 19.5 Å². The molecule has 4 rings (SSSR count). The molecule has 0 unspecified atom stereocenters. The Labute approximate surface area is 168 Å². The third-order valence-corrected chi connectivity index (χ3v) is 5.87. The van der Waals surface area contributed by atoms with E-state index in [1.165, 1.54) is 12.1 Å². The summed E-state index contributed by atoms with van der Waals surface area (Å²) >= 11 is 0. The zero-order valence-corrected chi connectivity index (χ0v) is 16.5. The van der Waals surface area contributed by atoms with Gasteiger partial charge in [-0.25, -0.2) is 8.42 Å². The lowest BCUT2D eigenvalue weighted by Gasteiger charge is -2.12. The third kappa shape index (κ3) is 3.49. The first-order valence-corrected chi connectivity index (χ1v) is 10.1. The first kappa shape index (κ1) is 19.9. The number of hydrogen-bond donors (Lipinski definition) is 2. The Kier molecular flexibility index (Phi) is 4.53. The van der Waals surface area contributed by atoms with Crippen LogP contribution in [0.3, 0.4) is 0 Å². The van der Waals surface area contributed by atoms with Crippen LogP contribution in [0.4, 0.5) is 18.9 Å². The molecule has 0 saturated carbocycles. The minimum atomic E-state index is -4.57. The summed E-state index contributed by atoms with van der Waals surface area (Å²) < 4.78 is 68.0. The van der Waals surface area contributed by atoms with Gasteiger partial charge >= 0.3 is 6.18 Å². The van der Waals surface area contributed by atoms with Crippen LogP contribution in [-0.4, -0.2) is 33.4 Å². The second-order valence-corrected chi connectivity index (χ2v) is 8.30. The molecular formula is C18H15F3N6O2S. The lowest BCUT2D eigenvalue weighted by Crippen LogP contribution is -2.15. The average molecular weight is 436 g/mol. The molecule has 0 aliphatic rings. The van der Waals surface area contributed by atoms with Crippen molar-refractivity contribution in [1.29, 1.82) is 0 Å². The number of fused-ring (bicyclic) bond motifs is 1. The normalized spacial score (nSPS) is 12.4. The highest BCUT2D eigenvalue weighted by atomic mass is 32.2. The molecule has 0 radical (unpaired) electrons. The lowest BCUT2D eigenvalue weighted by atomic mass is 10.1. The van der Waals surface area contributed by atoms with Gasteiger partial charge in [-0.05, 0) is 30.7 Å². The summed E-state index contributed by atoms with van der Waals surface area (Å²) in [7, 11) is -2.30. The summed E-state index contributed by atoms with van der Waals surface area (Å²) in [5.41, 5.74) is 0.756. The fraction of sp³-hybridized carbons (Fsp3) is 0.167. The number of alkyl halides is 3. The number of aryl methyl sites for hydroxylation is 2. The Hall–Kier alpha value is -3.41.